The number of piperidine rings is 1. The van der Waals surface area contributed by atoms with Crippen LogP contribution in [0.4, 0.5) is 5.69 Å². The first-order chi connectivity index (χ1) is 14.5. The van der Waals surface area contributed by atoms with Gasteiger partial charge >= 0.3 is 0 Å². The van der Waals surface area contributed by atoms with Gasteiger partial charge in [-0.1, -0.05) is 24.3 Å². The van der Waals surface area contributed by atoms with E-state index in [2.05, 4.69) is 22.8 Å². The Kier molecular flexibility index (Phi) is 6.16. The van der Waals surface area contributed by atoms with E-state index in [9.17, 15) is 9.59 Å². The van der Waals surface area contributed by atoms with Crippen molar-refractivity contribution in [3.05, 3.63) is 59.7 Å². The van der Waals surface area contributed by atoms with Crippen LogP contribution in [-0.4, -0.2) is 30.0 Å². The summed E-state index contributed by atoms with van der Waals surface area (Å²) in [6, 6.07) is 15.8. The van der Waals surface area contributed by atoms with Crippen LogP contribution in [0.1, 0.15) is 48.0 Å². The van der Waals surface area contributed by atoms with Crippen molar-refractivity contribution >= 4 is 29.6 Å². The van der Waals surface area contributed by atoms with E-state index in [1.165, 1.54) is 0 Å². The molecule has 0 bridgehead atoms. The van der Waals surface area contributed by atoms with E-state index in [0.717, 1.165) is 67.6 Å². The zero-order chi connectivity index (χ0) is 21.0. The first-order valence-corrected chi connectivity index (χ1v) is 11.4. The van der Waals surface area contributed by atoms with Gasteiger partial charge in [-0.25, -0.2) is 0 Å². The number of nitrogens with one attached hydrogen (secondary N) is 2. The van der Waals surface area contributed by atoms with E-state index in [1.54, 1.807) is 11.8 Å². The summed E-state index contributed by atoms with van der Waals surface area (Å²) < 4.78 is -0.493. The summed E-state index contributed by atoms with van der Waals surface area (Å²) in [6.45, 7) is 2.77. The van der Waals surface area contributed by atoms with Crippen molar-refractivity contribution in [1.29, 1.82) is 0 Å². The van der Waals surface area contributed by atoms with E-state index in [4.69, 9.17) is 5.73 Å². The largest absolute Gasteiger partial charge is 0.381 e. The summed E-state index contributed by atoms with van der Waals surface area (Å²) in [6.07, 6.45) is 5.97. The third-order valence-electron chi connectivity index (χ3n) is 6.61. The predicted molar refractivity (Wildman–Crippen MR) is 122 cm³/mol. The number of anilines is 1. The molecule has 1 unspecified atom stereocenters. The number of hydrogen-bond acceptors (Lipinski definition) is 5. The van der Waals surface area contributed by atoms with Crippen LogP contribution < -0.4 is 16.4 Å². The maximum absolute atomic E-state index is 12.5. The number of rotatable bonds is 7. The molecule has 4 rings (SSSR count). The van der Waals surface area contributed by atoms with Crippen LogP contribution in [-0.2, 0) is 11.3 Å². The van der Waals surface area contributed by atoms with Gasteiger partial charge in [-0.05, 0) is 80.4 Å². The quantitative estimate of drug-likeness (QED) is 0.587. The third kappa shape index (κ3) is 4.55. The van der Waals surface area contributed by atoms with Gasteiger partial charge in [-0.15, -0.1) is 11.8 Å². The Labute approximate surface area is 182 Å². The summed E-state index contributed by atoms with van der Waals surface area (Å²) >= 11 is 1.65. The molecular weight excluding hydrogens is 394 g/mol. The highest BCUT2D eigenvalue weighted by atomic mass is 32.2. The van der Waals surface area contributed by atoms with Gasteiger partial charge in [0.1, 0.15) is 6.29 Å². The minimum atomic E-state index is -0.493. The molecule has 1 amide bonds. The highest BCUT2D eigenvalue weighted by Crippen LogP contribution is 2.56. The van der Waals surface area contributed by atoms with Crippen LogP contribution in [0.5, 0.6) is 0 Å². The zero-order valence-electron chi connectivity index (χ0n) is 17.2. The molecule has 2 fully saturated rings. The number of aldehydes is 1. The molecule has 0 radical (unpaired) electrons. The second kappa shape index (κ2) is 8.82. The number of primary amides is 1. The van der Waals surface area contributed by atoms with Crippen LogP contribution in [0.25, 0.3) is 0 Å². The molecule has 2 aromatic carbocycles. The molecule has 2 aliphatic rings. The second-order valence-corrected chi connectivity index (χ2v) is 10.1. The van der Waals surface area contributed by atoms with Crippen LogP contribution in [0.15, 0.2) is 53.4 Å². The number of carbonyl (C=O) groups excluding carboxylic acids is 2. The molecule has 1 heterocycles. The topological polar surface area (TPSA) is 84.2 Å². The SMILES string of the molecule is NC(=O)C1(Sc2ccc(NCc3ccc(C=O)cc3)cc2)CCC2(CCNCC2)C1. The average molecular weight is 424 g/mol. The Morgan fingerprint density at radius 3 is 2.37 bits per heavy atom. The molecule has 2 aromatic rings. The molecular formula is C24H29N3O2S. The van der Waals surface area contributed by atoms with Crippen molar-refractivity contribution < 1.29 is 9.59 Å². The lowest BCUT2D eigenvalue weighted by Gasteiger charge is -2.35. The zero-order valence-corrected chi connectivity index (χ0v) is 18.0. The number of amides is 1. The van der Waals surface area contributed by atoms with Crippen molar-refractivity contribution in [2.45, 2.75) is 48.3 Å². The summed E-state index contributed by atoms with van der Waals surface area (Å²) in [5.41, 5.74) is 9.01. The fraction of sp³-hybridized carbons (Fsp3) is 0.417. The van der Waals surface area contributed by atoms with Gasteiger partial charge in [0.25, 0.3) is 0 Å². The molecule has 1 spiro atoms. The fourth-order valence-electron chi connectivity index (χ4n) is 4.77. The third-order valence-corrected chi connectivity index (χ3v) is 8.06. The average Bonchev–Trinajstić information content (AvgIpc) is 3.13. The maximum atomic E-state index is 12.5. The normalized spacial score (nSPS) is 22.7. The first-order valence-electron chi connectivity index (χ1n) is 10.6. The Bertz CT molecular complexity index is 892. The number of hydrogen-bond donors (Lipinski definition) is 3. The molecule has 1 atom stereocenters. The van der Waals surface area contributed by atoms with Crippen LogP contribution >= 0.6 is 11.8 Å². The van der Waals surface area contributed by atoms with Gasteiger partial charge in [-0.3, -0.25) is 9.59 Å². The standard InChI is InChI=1S/C24H29N3O2S/c25-22(29)24(10-9-23(17-24)11-13-26-14-12-23)30-21-7-5-20(6-8-21)27-15-18-1-3-19(16-28)4-2-18/h1-8,16,26-27H,9-15,17H2,(H2,25,29). The predicted octanol–water partition coefficient (Wildman–Crippen LogP) is 3.98. The van der Waals surface area contributed by atoms with E-state index in [0.29, 0.717) is 12.1 Å². The number of nitrogens with two attached hydrogens (primary N) is 1. The van der Waals surface area contributed by atoms with Crippen molar-refractivity contribution in [3.63, 3.8) is 0 Å². The molecule has 30 heavy (non-hydrogen) atoms. The monoisotopic (exact) mass is 423 g/mol. The van der Waals surface area contributed by atoms with Gasteiger partial charge in [0.15, 0.2) is 0 Å². The summed E-state index contributed by atoms with van der Waals surface area (Å²) in [5, 5.41) is 6.83. The highest BCUT2D eigenvalue weighted by Gasteiger charge is 2.52. The van der Waals surface area contributed by atoms with Crippen LogP contribution in [0, 0.1) is 5.41 Å². The van der Waals surface area contributed by atoms with Crippen molar-refractivity contribution in [3.8, 4) is 0 Å². The lowest BCUT2D eigenvalue weighted by molar-refractivity contribution is -0.120. The molecule has 1 saturated heterocycles. The maximum Gasteiger partial charge on any atom is 0.234 e. The Hall–Kier alpha value is -2.31. The van der Waals surface area contributed by atoms with Crippen molar-refractivity contribution in [1.82, 2.24) is 5.32 Å². The minimum Gasteiger partial charge on any atom is -0.381 e. The molecule has 1 saturated carbocycles. The summed E-state index contributed by atoms with van der Waals surface area (Å²) in [4.78, 5) is 24.3. The van der Waals surface area contributed by atoms with Crippen LogP contribution in [0.2, 0.25) is 0 Å². The van der Waals surface area contributed by atoms with E-state index in [-0.39, 0.29) is 11.3 Å². The van der Waals surface area contributed by atoms with E-state index < -0.39 is 4.75 Å². The molecule has 158 valence electrons. The van der Waals surface area contributed by atoms with Gasteiger partial charge in [0, 0.05) is 22.7 Å². The summed E-state index contributed by atoms with van der Waals surface area (Å²) in [7, 11) is 0. The van der Waals surface area contributed by atoms with E-state index in [1.807, 2.05) is 36.4 Å². The van der Waals surface area contributed by atoms with Crippen LogP contribution in [0.3, 0.4) is 0 Å². The molecule has 0 aromatic heterocycles. The van der Waals surface area contributed by atoms with E-state index >= 15 is 0 Å². The summed E-state index contributed by atoms with van der Waals surface area (Å²) in [5.74, 6) is -0.177. The molecule has 4 N–H and O–H groups in total. The van der Waals surface area contributed by atoms with Crippen molar-refractivity contribution in [2.24, 2.45) is 11.1 Å². The van der Waals surface area contributed by atoms with Crippen molar-refractivity contribution in [2.75, 3.05) is 18.4 Å². The number of benzene rings is 2. The highest BCUT2D eigenvalue weighted by molar-refractivity contribution is 8.01. The Morgan fingerprint density at radius 2 is 1.73 bits per heavy atom. The number of thioether (sulfide) groups is 1. The molecule has 1 aliphatic carbocycles. The minimum absolute atomic E-state index is 0.177. The fourth-order valence-corrected chi connectivity index (χ4v) is 6.17. The molecule has 5 nitrogen and oxygen atoms in total. The smallest absolute Gasteiger partial charge is 0.234 e. The van der Waals surface area contributed by atoms with Gasteiger partial charge < -0.3 is 16.4 Å². The lowest BCUT2D eigenvalue weighted by atomic mass is 9.77. The molecule has 1 aliphatic heterocycles. The number of carbonyl (C=O) groups is 2. The van der Waals surface area contributed by atoms with Gasteiger partial charge in [0.05, 0.1) is 4.75 Å². The Balaban J connectivity index is 1.39. The second-order valence-electron chi connectivity index (χ2n) is 8.62. The Morgan fingerprint density at radius 1 is 1.03 bits per heavy atom. The van der Waals surface area contributed by atoms with Gasteiger partial charge in [0.2, 0.25) is 5.91 Å². The first kappa shape index (κ1) is 20.9. The van der Waals surface area contributed by atoms with Gasteiger partial charge in [-0.2, -0.15) is 0 Å². The lowest BCUT2D eigenvalue weighted by Crippen LogP contribution is -2.42. The molecule has 6 heteroatoms.